The summed E-state index contributed by atoms with van der Waals surface area (Å²) in [6.45, 7) is 5.99. The third-order valence-corrected chi connectivity index (χ3v) is 2.06. The fraction of sp³-hybridized carbons (Fsp3) is 0.556. The summed E-state index contributed by atoms with van der Waals surface area (Å²) < 4.78 is 5.40. The molecule has 1 aromatic heterocycles. The minimum Gasteiger partial charge on any atom is -0.466 e. The van der Waals surface area contributed by atoms with E-state index in [4.69, 9.17) is 10.3 Å². The number of nitrogens with one attached hydrogen (secondary N) is 1. The molecule has 3 heteroatoms. The van der Waals surface area contributed by atoms with Gasteiger partial charge in [-0.25, -0.2) is 0 Å². The van der Waals surface area contributed by atoms with Crippen LogP contribution in [0, 0.1) is 13.8 Å². The number of hydrogen-bond donors (Lipinski definition) is 2. The summed E-state index contributed by atoms with van der Waals surface area (Å²) in [6, 6.07) is 2.24. The van der Waals surface area contributed by atoms with Crippen LogP contribution in [0.2, 0.25) is 0 Å². The first-order chi connectivity index (χ1) is 5.69. The molecule has 1 rings (SSSR count). The fourth-order valence-corrected chi connectivity index (χ4v) is 1.42. The zero-order valence-corrected chi connectivity index (χ0v) is 7.85. The first-order valence-corrected chi connectivity index (χ1v) is 4.22. The van der Waals surface area contributed by atoms with E-state index in [-0.39, 0.29) is 6.04 Å². The van der Waals surface area contributed by atoms with Crippen LogP contribution in [0.25, 0.3) is 0 Å². The summed E-state index contributed by atoms with van der Waals surface area (Å²) in [7, 11) is 0. The Hall–Kier alpha value is -0.800. The van der Waals surface area contributed by atoms with Gasteiger partial charge in [-0.3, -0.25) is 11.3 Å². The smallest absolute Gasteiger partial charge is 0.105 e. The van der Waals surface area contributed by atoms with Gasteiger partial charge in [0.2, 0.25) is 0 Å². The van der Waals surface area contributed by atoms with Crippen molar-refractivity contribution in [2.45, 2.75) is 33.2 Å². The van der Waals surface area contributed by atoms with Crippen molar-refractivity contribution < 1.29 is 4.42 Å². The van der Waals surface area contributed by atoms with Gasteiger partial charge in [0, 0.05) is 11.6 Å². The van der Waals surface area contributed by atoms with E-state index < -0.39 is 0 Å². The Morgan fingerprint density at radius 1 is 1.58 bits per heavy atom. The highest BCUT2D eigenvalue weighted by Gasteiger charge is 2.13. The first-order valence-electron chi connectivity index (χ1n) is 4.22. The van der Waals surface area contributed by atoms with Gasteiger partial charge in [-0.2, -0.15) is 0 Å². The van der Waals surface area contributed by atoms with Crippen LogP contribution in [0.5, 0.6) is 0 Å². The van der Waals surface area contributed by atoms with Gasteiger partial charge >= 0.3 is 0 Å². The molecule has 1 atom stereocenters. The van der Waals surface area contributed by atoms with Crippen molar-refractivity contribution >= 4 is 0 Å². The van der Waals surface area contributed by atoms with Crippen LogP contribution in [0.4, 0.5) is 0 Å². The Bertz CT molecular complexity index is 251. The predicted molar refractivity (Wildman–Crippen MR) is 48.5 cm³/mol. The average Bonchev–Trinajstić information content (AvgIpc) is 2.34. The van der Waals surface area contributed by atoms with Crippen LogP contribution >= 0.6 is 0 Å². The van der Waals surface area contributed by atoms with Crippen LogP contribution in [-0.4, -0.2) is 0 Å². The molecule has 0 amide bonds. The summed E-state index contributed by atoms with van der Waals surface area (Å²) in [6.07, 6.45) is 0.969. The quantitative estimate of drug-likeness (QED) is 0.534. The highest BCUT2D eigenvalue weighted by molar-refractivity contribution is 5.23. The van der Waals surface area contributed by atoms with Crippen molar-refractivity contribution in [3.8, 4) is 0 Å². The van der Waals surface area contributed by atoms with E-state index in [1.807, 2.05) is 19.9 Å². The van der Waals surface area contributed by atoms with E-state index in [1.165, 1.54) is 0 Å². The van der Waals surface area contributed by atoms with Gasteiger partial charge < -0.3 is 4.42 Å². The molecule has 0 radical (unpaired) electrons. The van der Waals surface area contributed by atoms with Crippen molar-refractivity contribution in [2.24, 2.45) is 5.84 Å². The molecule has 0 aromatic carbocycles. The summed E-state index contributed by atoms with van der Waals surface area (Å²) in [5, 5.41) is 0. The highest BCUT2D eigenvalue weighted by Crippen LogP contribution is 2.22. The second-order valence-electron chi connectivity index (χ2n) is 3.00. The minimum atomic E-state index is 0.211. The lowest BCUT2D eigenvalue weighted by atomic mass is 10.1. The molecule has 0 aliphatic heterocycles. The van der Waals surface area contributed by atoms with Gasteiger partial charge in [0.25, 0.3) is 0 Å². The Kier molecular flexibility index (Phi) is 2.89. The SMILES string of the molecule is CCC(NN)c1cc(C)oc1C. The molecule has 12 heavy (non-hydrogen) atoms. The van der Waals surface area contributed by atoms with Gasteiger partial charge in [-0.05, 0) is 26.3 Å². The van der Waals surface area contributed by atoms with E-state index in [0.717, 1.165) is 23.5 Å². The number of rotatable bonds is 3. The Balaban J connectivity index is 2.91. The fourth-order valence-electron chi connectivity index (χ4n) is 1.42. The average molecular weight is 168 g/mol. The van der Waals surface area contributed by atoms with Gasteiger partial charge in [0.05, 0.1) is 0 Å². The van der Waals surface area contributed by atoms with E-state index >= 15 is 0 Å². The molecule has 1 heterocycles. The van der Waals surface area contributed by atoms with E-state index in [0.29, 0.717) is 0 Å². The summed E-state index contributed by atoms with van der Waals surface area (Å²) in [4.78, 5) is 0. The van der Waals surface area contributed by atoms with Gasteiger partial charge in [0.15, 0.2) is 0 Å². The summed E-state index contributed by atoms with van der Waals surface area (Å²) in [5.74, 6) is 7.30. The molecule has 0 saturated carbocycles. The van der Waals surface area contributed by atoms with Crippen LogP contribution in [0.15, 0.2) is 10.5 Å². The van der Waals surface area contributed by atoms with Crippen LogP contribution in [-0.2, 0) is 0 Å². The maximum Gasteiger partial charge on any atom is 0.105 e. The van der Waals surface area contributed by atoms with Gasteiger partial charge in [0.1, 0.15) is 11.5 Å². The molecule has 68 valence electrons. The molecule has 0 fully saturated rings. The first kappa shape index (κ1) is 9.29. The van der Waals surface area contributed by atoms with Crippen molar-refractivity contribution in [3.05, 3.63) is 23.2 Å². The third-order valence-electron chi connectivity index (χ3n) is 2.06. The Morgan fingerprint density at radius 2 is 2.25 bits per heavy atom. The third kappa shape index (κ3) is 1.68. The van der Waals surface area contributed by atoms with Crippen molar-refractivity contribution in [2.75, 3.05) is 0 Å². The maximum absolute atomic E-state index is 5.40. The topological polar surface area (TPSA) is 51.2 Å². The lowest BCUT2D eigenvalue weighted by molar-refractivity contribution is 0.481. The largest absolute Gasteiger partial charge is 0.466 e. The van der Waals surface area contributed by atoms with E-state index in [2.05, 4.69) is 12.3 Å². The molecule has 0 aliphatic rings. The second kappa shape index (κ2) is 3.74. The Labute approximate surface area is 72.9 Å². The number of hydrazine groups is 1. The monoisotopic (exact) mass is 168 g/mol. The molecule has 1 unspecified atom stereocenters. The zero-order valence-electron chi connectivity index (χ0n) is 7.85. The molecule has 0 saturated heterocycles. The van der Waals surface area contributed by atoms with Gasteiger partial charge in [-0.15, -0.1) is 0 Å². The van der Waals surface area contributed by atoms with Crippen LogP contribution in [0.1, 0.15) is 36.5 Å². The summed E-state index contributed by atoms with van der Waals surface area (Å²) in [5.41, 5.74) is 3.93. The molecule has 0 aliphatic carbocycles. The van der Waals surface area contributed by atoms with Crippen molar-refractivity contribution in [3.63, 3.8) is 0 Å². The molecule has 3 N–H and O–H groups in total. The number of furan rings is 1. The maximum atomic E-state index is 5.40. The minimum absolute atomic E-state index is 0.211. The van der Waals surface area contributed by atoms with Crippen LogP contribution < -0.4 is 11.3 Å². The molecular weight excluding hydrogens is 152 g/mol. The van der Waals surface area contributed by atoms with Crippen molar-refractivity contribution in [1.82, 2.24) is 5.43 Å². The second-order valence-corrected chi connectivity index (χ2v) is 3.00. The lowest BCUT2D eigenvalue weighted by Crippen LogP contribution is -2.27. The number of hydrogen-bond acceptors (Lipinski definition) is 3. The predicted octanol–water partition coefficient (Wildman–Crippen LogP) is 1.81. The molecule has 0 spiro atoms. The van der Waals surface area contributed by atoms with Crippen LogP contribution in [0.3, 0.4) is 0 Å². The Morgan fingerprint density at radius 3 is 2.58 bits per heavy atom. The van der Waals surface area contributed by atoms with E-state index in [9.17, 15) is 0 Å². The summed E-state index contributed by atoms with van der Waals surface area (Å²) >= 11 is 0. The zero-order chi connectivity index (χ0) is 9.14. The van der Waals surface area contributed by atoms with Gasteiger partial charge in [-0.1, -0.05) is 6.92 Å². The lowest BCUT2D eigenvalue weighted by Gasteiger charge is -2.11. The normalized spacial score (nSPS) is 13.3. The number of aryl methyl sites for hydroxylation is 2. The molecule has 0 bridgehead atoms. The van der Waals surface area contributed by atoms with Crippen molar-refractivity contribution in [1.29, 1.82) is 0 Å². The van der Waals surface area contributed by atoms with E-state index in [1.54, 1.807) is 0 Å². The standard InChI is InChI=1S/C9H16N2O/c1-4-9(11-10)8-5-6(2)12-7(8)3/h5,9,11H,4,10H2,1-3H3. The number of nitrogens with two attached hydrogens (primary N) is 1. The highest BCUT2D eigenvalue weighted by atomic mass is 16.3. The molecule has 3 nitrogen and oxygen atoms in total. The molecule has 1 aromatic rings. The molecular formula is C9H16N2O.